The zero-order valence-electron chi connectivity index (χ0n) is 17.7. The Morgan fingerprint density at radius 1 is 0.966 bits per heavy atom. The molecule has 4 nitrogen and oxygen atoms in total. The van der Waals surface area contributed by atoms with Gasteiger partial charge >= 0.3 is 0 Å². The van der Waals surface area contributed by atoms with Crippen molar-refractivity contribution in [1.82, 2.24) is 15.5 Å². The van der Waals surface area contributed by atoms with Gasteiger partial charge in [0, 0.05) is 26.1 Å². The Hall–Kier alpha value is -1.60. The highest BCUT2D eigenvalue weighted by atomic mass is 127. The lowest BCUT2D eigenvalue weighted by Crippen LogP contribution is -2.40. The first-order valence-electron chi connectivity index (χ1n) is 10.5. The molecule has 0 aliphatic carbocycles. The summed E-state index contributed by atoms with van der Waals surface area (Å²) in [5.41, 5.74) is 2.64. The molecule has 0 saturated carbocycles. The SMILES string of the molecule is CN=C(NCCC1CCN(C)CC1)NCC(c1ccccc1)c1ccccc1.I. The Morgan fingerprint density at radius 3 is 2.03 bits per heavy atom. The molecule has 0 unspecified atom stereocenters. The second-order valence-corrected chi connectivity index (χ2v) is 7.79. The zero-order valence-corrected chi connectivity index (χ0v) is 20.0. The van der Waals surface area contributed by atoms with Gasteiger partial charge in [-0.3, -0.25) is 4.99 Å². The smallest absolute Gasteiger partial charge is 0.191 e. The number of rotatable bonds is 7. The summed E-state index contributed by atoms with van der Waals surface area (Å²) in [6, 6.07) is 21.4. The third kappa shape index (κ3) is 7.63. The number of nitrogens with zero attached hydrogens (tertiary/aromatic N) is 2. The summed E-state index contributed by atoms with van der Waals surface area (Å²) in [5.74, 6) is 2.03. The number of halogens is 1. The molecule has 5 heteroatoms. The van der Waals surface area contributed by atoms with E-state index < -0.39 is 0 Å². The molecule has 2 aromatic carbocycles. The number of guanidine groups is 1. The third-order valence-electron chi connectivity index (χ3n) is 5.78. The van der Waals surface area contributed by atoms with Gasteiger partial charge in [0.15, 0.2) is 5.96 Å². The number of likely N-dealkylation sites (tertiary alicyclic amines) is 1. The number of hydrogen-bond acceptors (Lipinski definition) is 2. The molecule has 0 atom stereocenters. The lowest BCUT2D eigenvalue weighted by Gasteiger charge is -2.29. The summed E-state index contributed by atoms with van der Waals surface area (Å²) in [6.07, 6.45) is 3.85. The van der Waals surface area contributed by atoms with Crippen LogP contribution in [-0.4, -0.2) is 51.1 Å². The molecule has 0 aromatic heterocycles. The van der Waals surface area contributed by atoms with Crippen LogP contribution in [0.15, 0.2) is 65.7 Å². The van der Waals surface area contributed by atoms with Crippen molar-refractivity contribution in [1.29, 1.82) is 0 Å². The normalized spacial score (nSPS) is 15.8. The highest BCUT2D eigenvalue weighted by Crippen LogP contribution is 2.23. The van der Waals surface area contributed by atoms with E-state index in [1.165, 1.54) is 43.5 Å². The average Bonchev–Trinajstić information content (AvgIpc) is 2.75. The molecule has 0 radical (unpaired) electrons. The van der Waals surface area contributed by atoms with Gasteiger partial charge < -0.3 is 15.5 Å². The van der Waals surface area contributed by atoms with Crippen molar-refractivity contribution >= 4 is 29.9 Å². The Bertz CT molecular complexity index is 673. The van der Waals surface area contributed by atoms with Gasteiger partial charge in [0.25, 0.3) is 0 Å². The minimum absolute atomic E-state index is 0. The van der Waals surface area contributed by atoms with E-state index in [1.807, 2.05) is 7.05 Å². The summed E-state index contributed by atoms with van der Waals surface area (Å²) in [4.78, 5) is 6.86. The molecule has 2 aromatic rings. The quantitative estimate of drug-likeness (QED) is 0.334. The van der Waals surface area contributed by atoms with Crippen molar-refractivity contribution in [2.75, 3.05) is 40.3 Å². The van der Waals surface area contributed by atoms with E-state index in [4.69, 9.17) is 0 Å². The van der Waals surface area contributed by atoms with Gasteiger partial charge in [-0.25, -0.2) is 0 Å². The summed E-state index contributed by atoms with van der Waals surface area (Å²) in [5, 5.41) is 7.05. The van der Waals surface area contributed by atoms with Gasteiger partial charge in [0.2, 0.25) is 0 Å². The lowest BCUT2D eigenvalue weighted by molar-refractivity contribution is 0.213. The van der Waals surface area contributed by atoms with E-state index in [2.05, 4.69) is 88.2 Å². The van der Waals surface area contributed by atoms with Crippen LogP contribution in [0, 0.1) is 5.92 Å². The Balaban J connectivity index is 0.00000300. The first-order chi connectivity index (χ1) is 13.8. The van der Waals surface area contributed by atoms with Crippen molar-refractivity contribution in [3.8, 4) is 0 Å². The van der Waals surface area contributed by atoms with Crippen molar-refractivity contribution in [2.24, 2.45) is 10.9 Å². The Kier molecular flexibility index (Phi) is 10.5. The molecule has 0 bridgehead atoms. The van der Waals surface area contributed by atoms with E-state index in [-0.39, 0.29) is 24.0 Å². The van der Waals surface area contributed by atoms with Crippen LogP contribution in [0.5, 0.6) is 0 Å². The molecular weight excluding hydrogens is 471 g/mol. The van der Waals surface area contributed by atoms with Crippen LogP contribution in [0.2, 0.25) is 0 Å². The lowest BCUT2D eigenvalue weighted by atomic mass is 9.91. The minimum atomic E-state index is 0. The summed E-state index contributed by atoms with van der Waals surface area (Å²) in [6.45, 7) is 4.26. The Labute approximate surface area is 193 Å². The molecule has 29 heavy (non-hydrogen) atoms. The fourth-order valence-corrected chi connectivity index (χ4v) is 3.96. The van der Waals surface area contributed by atoms with Gasteiger partial charge in [-0.15, -0.1) is 24.0 Å². The number of benzene rings is 2. The number of aliphatic imine (C=N–C) groups is 1. The molecular formula is C24H35IN4. The van der Waals surface area contributed by atoms with Gasteiger partial charge in [-0.1, -0.05) is 60.7 Å². The zero-order chi connectivity index (χ0) is 19.6. The number of nitrogens with one attached hydrogen (secondary N) is 2. The summed E-state index contributed by atoms with van der Waals surface area (Å²) < 4.78 is 0. The second-order valence-electron chi connectivity index (χ2n) is 7.79. The largest absolute Gasteiger partial charge is 0.356 e. The standard InChI is InChI=1S/C24H34N4.HI/c1-25-24(26-16-13-20-14-17-28(2)18-15-20)27-19-23(21-9-5-3-6-10-21)22-11-7-4-8-12-22;/h3-12,20,23H,13-19H2,1-2H3,(H2,25,26,27);1H. The predicted molar refractivity (Wildman–Crippen MR) is 134 cm³/mol. The average molecular weight is 506 g/mol. The predicted octanol–water partition coefficient (Wildman–Crippen LogP) is 4.33. The second kappa shape index (κ2) is 12.9. The van der Waals surface area contributed by atoms with E-state index in [0.717, 1.165) is 25.0 Å². The van der Waals surface area contributed by atoms with E-state index in [1.54, 1.807) is 0 Å². The van der Waals surface area contributed by atoms with Crippen molar-refractivity contribution in [3.63, 3.8) is 0 Å². The summed E-state index contributed by atoms with van der Waals surface area (Å²) in [7, 11) is 4.07. The monoisotopic (exact) mass is 506 g/mol. The molecule has 0 amide bonds. The van der Waals surface area contributed by atoms with Crippen molar-refractivity contribution < 1.29 is 0 Å². The van der Waals surface area contributed by atoms with Crippen LogP contribution in [-0.2, 0) is 0 Å². The van der Waals surface area contributed by atoms with Crippen LogP contribution in [0.1, 0.15) is 36.3 Å². The number of hydrogen-bond donors (Lipinski definition) is 2. The topological polar surface area (TPSA) is 39.7 Å². The minimum Gasteiger partial charge on any atom is -0.356 e. The molecule has 1 fully saturated rings. The molecule has 0 spiro atoms. The van der Waals surface area contributed by atoms with Crippen molar-refractivity contribution in [2.45, 2.75) is 25.2 Å². The van der Waals surface area contributed by atoms with Crippen LogP contribution >= 0.6 is 24.0 Å². The van der Waals surface area contributed by atoms with Gasteiger partial charge in [0.1, 0.15) is 0 Å². The van der Waals surface area contributed by atoms with E-state index in [0.29, 0.717) is 5.92 Å². The first kappa shape index (κ1) is 23.7. The fourth-order valence-electron chi connectivity index (χ4n) is 3.96. The van der Waals surface area contributed by atoms with E-state index in [9.17, 15) is 0 Å². The Morgan fingerprint density at radius 2 is 1.52 bits per heavy atom. The highest BCUT2D eigenvalue weighted by molar-refractivity contribution is 14.0. The van der Waals surface area contributed by atoms with Crippen LogP contribution in [0.25, 0.3) is 0 Å². The van der Waals surface area contributed by atoms with Crippen LogP contribution < -0.4 is 10.6 Å². The molecule has 3 rings (SSSR count). The van der Waals surface area contributed by atoms with Crippen molar-refractivity contribution in [3.05, 3.63) is 71.8 Å². The molecule has 2 N–H and O–H groups in total. The third-order valence-corrected chi connectivity index (χ3v) is 5.78. The fraction of sp³-hybridized carbons (Fsp3) is 0.458. The van der Waals surface area contributed by atoms with Gasteiger partial charge in [-0.05, 0) is 56.4 Å². The molecule has 1 aliphatic rings. The molecule has 1 saturated heterocycles. The van der Waals surface area contributed by atoms with Crippen LogP contribution in [0.3, 0.4) is 0 Å². The maximum absolute atomic E-state index is 4.43. The maximum atomic E-state index is 4.43. The van der Waals surface area contributed by atoms with E-state index >= 15 is 0 Å². The molecule has 158 valence electrons. The van der Waals surface area contributed by atoms with Gasteiger partial charge in [-0.2, -0.15) is 0 Å². The molecule has 1 heterocycles. The molecule has 1 aliphatic heterocycles. The maximum Gasteiger partial charge on any atom is 0.191 e. The number of piperidine rings is 1. The highest BCUT2D eigenvalue weighted by Gasteiger charge is 2.17. The van der Waals surface area contributed by atoms with Crippen LogP contribution in [0.4, 0.5) is 0 Å². The summed E-state index contributed by atoms with van der Waals surface area (Å²) >= 11 is 0. The first-order valence-corrected chi connectivity index (χ1v) is 10.5. The van der Waals surface area contributed by atoms with Gasteiger partial charge in [0.05, 0.1) is 0 Å².